The van der Waals surface area contributed by atoms with Gasteiger partial charge in [-0.1, -0.05) is 48.5 Å². The largest absolute Gasteiger partial charge is 0.459 e. The number of carbonyl (C=O) groups excluding carboxylic acids is 1. The molecule has 0 radical (unpaired) electrons. The molecule has 0 fully saturated rings. The molecule has 0 saturated heterocycles. The molecule has 0 spiro atoms. The fourth-order valence-corrected chi connectivity index (χ4v) is 2.83. The summed E-state index contributed by atoms with van der Waals surface area (Å²) in [5, 5.41) is 4.08. The van der Waals surface area contributed by atoms with Gasteiger partial charge in [-0.05, 0) is 29.8 Å². The van der Waals surface area contributed by atoms with E-state index in [1.807, 2.05) is 60.7 Å². The van der Waals surface area contributed by atoms with Crippen LogP contribution in [0.3, 0.4) is 0 Å². The lowest BCUT2D eigenvalue weighted by Gasteiger charge is -2.17. The number of benzene rings is 2. The summed E-state index contributed by atoms with van der Waals surface area (Å²) in [6.07, 6.45) is 3.21. The fraction of sp³-hybridized carbons (Fsp3) is 0.0476. The van der Waals surface area contributed by atoms with E-state index in [-0.39, 0.29) is 11.9 Å². The molecular formula is C21H16N2O2. The zero-order chi connectivity index (χ0) is 17.1. The zero-order valence-electron chi connectivity index (χ0n) is 13.4. The molecular weight excluding hydrogens is 312 g/mol. The summed E-state index contributed by atoms with van der Waals surface area (Å²) in [4.78, 5) is 16.6. The van der Waals surface area contributed by atoms with Crippen molar-refractivity contribution in [1.82, 2.24) is 10.3 Å². The normalized spacial score (nSPS) is 12.0. The molecule has 4 nitrogen and oxygen atoms in total. The first-order valence-corrected chi connectivity index (χ1v) is 8.05. The van der Waals surface area contributed by atoms with Gasteiger partial charge in [-0.25, -0.2) is 0 Å². The van der Waals surface area contributed by atoms with Gasteiger partial charge in [0, 0.05) is 23.3 Å². The summed E-state index contributed by atoms with van der Waals surface area (Å²) in [6, 6.07) is 22.6. The quantitative estimate of drug-likeness (QED) is 0.606. The van der Waals surface area contributed by atoms with Crippen LogP contribution in [0, 0.1) is 0 Å². The Morgan fingerprint density at radius 2 is 1.64 bits per heavy atom. The van der Waals surface area contributed by atoms with Crippen LogP contribution in [0.25, 0.3) is 11.0 Å². The standard InChI is InChI=1S/C21H16N2O2/c24-21(16-10-12-22-13-11-16)23-20(15-6-2-1-3-7-15)19-14-17-8-4-5-9-18(17)25-19/h1-14,20H,(H,23,24)/t20-/m1/s1. The third kappa shape index (κ3) is 3.15. The average Bonchev–Trinajstić information content (AvgIpc) is 3.11. The van der Waals surface area contributed by atoms with Crippen molar-refractivity contribution in [2.24, 2.45) is 0 Å². The molecule has 0 unspecified atom stereocenters. The molecule has 0 aliphatic carbocycles. The maximum Gasteiger partial charge on any atom is 0.252 e. The lowest BCUT2D eigenvalue weighted by Crippen LogP contribution is -2.29. The molecule has 2 heterocycles. The van der Waals surface area contributed by atoms with Gasteiger partial charge < -0.3 is 9.73 Å². The number of hydrogen-bond acceptors (Lipinski definition) is 3. The van der Waals surface area contributed by atoms with Crippen LogP contribution < -0.4 is 5.32 Å². The summed E-state index contributed by atoms with van der Waals surface area (Å²) >= 11 is 0. The Labute approximate surface area is 145 Å². The molecule has 25 heavy (non-hydrogen) atoms. The Morgan fingerprint density at radius 1 is 0.920 bits per heavy atom. The van der Waals surface area contributed by atoms with Gasteiger partial charge in [-0.2, -0.15) is 0 Å². The number of fused-ring (bicyclic) bond motifs is 1. The van der Waals surface area contributed by atoms with Crippen molar-refractivity contribution < 1.29 is 9.21 Å². The molecule has 4 aromatic rings. The molecule has 4 heteroatoms. The van der Waals surface area contributed by atoms with Crippen LogP contribution in [-0.2, 0) is 0 Å². The van der Waals surface area contributed by atoms with E-state index in [0.717, 1.165) is 16.5 Å². The second-order valence-corrected chi connectivity index (χ2v) is 5.74. The summed E-state index contributed by atoms with van der Waals surface area (Å²) in [6.45, 7) is 0. The fourth-order valence-electron chi connectivity index (χ4n) is 2.83. The molecule has 0 bridgehead atoms. The first kappa shape index (κ1) is 15.1. The molecule has 0 saturated carbocycles. The third-order valence-electron chi connectivity index (χ3n) is 4.08. The minimum atomic E-state index is -0.366. The van der Waals surface area contributed by atoms with Crippen molar-refractivity contribution >= 4 is 16.9 Å². The van der Waals surface area contributed by atoms with Gasteiger partial charge in [0.15, 0.2) is 0 Å². The van der Waals surface area contributed by atoms with E-state index in [9.17, 15) is 4.79 Å². The van der Waals surface area contributed by atoms with Gasteiger partial charge in [0.2, 0.25) is 0 Å². The van der Waals surface area contributed by atoms with Crippen molar-refractivity contribution in [1.29, 1.82) is 0 Å². The van der Waals surface area contributed by atoms with Crippen LogP contribution in [0.2, 0.25) is 0 Å². The number of amides is 1. The number of furan rings is 1. The first-order valence-electron chi connectivity index (χ1n) is 8.05. The second kappa shape index (κ2) is 6.61. The van der Waals surface area contributed by atoms with Crippen molar-refractivity contribution in [2.45, 2.75) is 6.04 Å². The van der Waals surface area contributed by atoms with Gasteiger partial charge >= 0.3 is 0 Å². The molecule has 2 aromatic heterocycles. The number of para-hydroxylation sites is 1. The SMILES string of the molecule is O=C(N[C@H](c1ccccc1)c1cc2ccccc2o1)c1ccncc1. The Hall–Kier alpha value is -3.40. The van der Waals surface area contributed by atoms with Crippen LogP contribution in [0.4, 0.5) is 0 Å². The summed E-state index contributed by atoms with van der Waals surface area (Å²) < 4.78 is 5.99. The van der Waals surface area contributed by atoms with E-state index in [1.165, 1.54) is 0 Å². The molecule has 1 atom stereocenters. The lowest BCUT2D eigenvalue weighted by molar-refractivity contribution is 0.0939. The highest BCUT2D eigenvalue weighted by Crippen LogP contribution is 2.28. The highest BCUT2D eigenvalue weighted by atomic mass is 16.3. The highest BCUT2D eigenvalue weighted by Gasteiger charge is 2.21. The molecule has 0 aliphatic heterocycles. The highest BCUT2D eigenvalue weighted by molar-refractivity contribution is 5.94. The predicted octanol–water partition coefficient (Wildman–Crippen LogP) is 4.35. The number of pyridine rings is 1. The van der Waals surface area contributed by atoms with Gasteiger partial charge in [0.05, 0.1) is 0 Å². The van der Waals surface area contributed by atoms with Crippen LogP contribution in [0.5, 0.6) is 0 Å². The second-order valence-electron chi connectivity index (χ2n) is 5.74. The van der Waals surface area contributed by atoms with E-state index >= 15 is 0 Å². The van der Waals surface area contributed by atoms with Crippen molar-refractivity contribution in [2.75, 3.05) is 0 Å². The summed E-state index contributed by atoms with van der Waals surface area (Å²) in [7, 11) is 0. The molecule has 2 aromatic carbocycles. The molecule has 0 aliphatic rings. The Kier molecular flexibility index (Phi) is 4.01. The lowest BCUT2D eigenvalue weighted by atomic mass is 10.0. The van der Waals surface area contributed by atoms with Crippen LogP contribution in [-0.4, -0.2) is 10.9 Å². The Balaban J connectivity index is 1.73. The summed E-state index contributed by atoms with van der Waals surface area (Å²) in [5.41, 5.74) is 2.33. The topological polar surface area (TPSA) is 55.1 Å². The molecule has 1 N–H and O–H groups in total. The maximum atomic E-state index is 12.6. The summed E-state index contributed by atoms with van der Waals surface area (Å²) in [5.74, 6) is 0.534. The smallest absolute Gasteiger partial charge is 0.252 e. The molecule has 4 rings (SSSR count). The van der Waals surface area contributed by atoms with E-state index in [1.54, 1.807) is 24.5 Å². The average molecular weight is 328 g/mol. The van der Waals surface area contributed by atoms with Crippen molar-refractivity contribution in [3.05, 3.63) is 102 Å². The first-order chi connectivity index (χ1) is 12.3. The van der Waals surface area contributed by atoms with Gasteiger partial charge in [-0.3, -0.25) is 9.78 Å². The van der Waals surface area contributed by atoms with Crippen molar-refractivity contribution in [3.63, 3.8) is 0 Å². The van der Waals surface area contributed by atoms with Gasteiger partial charge in [0.25, 0.3) is 5.91 Å². The van der Waals surface area contributed by atoms with E-state index in [2.05, 4.69) is 10.3 Å². The van der Waals surface area contributed by atoms with E-state index in [0.29, 0.717) is 11.3 Å². The number of hydrogen-bond donors (Lipinski definition) is 1. The minimum absolute atomic E-state index is 0.170. The third-order valence-corrected chi connectivity index (χ3v) is 4.08. The van der Waals surface area contributed by atoms with Gasteiger partial charge in [-0.15, -0.1) is 0 Å². The van der Waals surface area contributed by atoms with Crippen LogP contribution in [0.15, 0.2) is 89.6 Å². The number of nitrogens with one attached hydrogen (secondary N) is 1. The molecule has 1 amide bonds. The van der Waals surface area contributed by atoms with Crippen LogP contribution in [0.1, 0.15) is 27.7 Å². The van der Waals surface area contributed by atoms with E-state index in [4.69, 9.17) is 4.42 Å². The number of aromatic nitrogens is 1. The number of rotatable bonds is 4. The van der Waals surface area contributed by atoms with Crippen molar-refractivity contribution in [3.8, 4) is 0 Å². The van der Waals surface area contributed by atoms with E-state index < -0.39 is 0 Å². The minimum Gasteiger partial charge on any atom is -0.459 e. The van der Waals surface area contributed by atoms with Gasteiger partial charge in [0.1, 0.15) is 17.4 Å². The Bertz CT molecular complexity index is 961. The van der Waals surface area contributed by atoms with Crippen LogP contribution >= 0.6 is 0 Å². The number of nitrogens with zero attached hydrogens (tertiary/aromatic N) is 1. The zero-order valence-corrected chi connectivity index (χ0v) is 13.4. The monoisotopic (exact) mass is 328 g/mol. The number of carbonyl (C=O) groups is 1. The Morgan fingerprint density at radius 3 is 2.40 bits per heavy atom. The maximum absolute atomic E-state index is 12.6. The predicted molar refractivity (Wildman–Crippen MR) is 96.2 cm³/mol. The molecule has 122 valence electrons.